The van der Waals surface area contributed by atoms with Crippen LogP contribution in [0.15, 0.2) is 6.20 Å². The number of anilines is 1. The summed E-state index contributed by atoms with van der Waals surface area (Å²) in [4.78, 5) is 25.4. The first-order chi connectivity index (χ1) is 9.97. The van der Waals surface area contributed by atoms with Crippen molar-refractivity contribution in [1.82, 2.24) is 20.2 Å². The van der Waals surface area contributed by atoms with Gasteiger partial charge in [0.1, 0.15) is 5.82 Å². The molecule has 0 saturated carbocycles. The number of carbonyl (C=O) groups is 1. The predicted octanol–water partition coefficient (Wildman–Crippen LogP) is 1.47. The smallest absolute Gasteiger partial charge is 0.318 e. The van der Waals surface area contributed by atoms with Crippen LogP contribution in [0.3, 0.4) is 0 Å². The molecule has 2 saturated heterocycles. The van der Waals surface area contributed by atoms with Crippen molar-refractivity contribution in [1.29, 1.82) is 0 Å². The van der Waals surface area contributed by atoms with Crippen molar-refractivity contribution in [3.8, 4) is 0 Å². The number of nitrogens with one attached hydrogen (secondary N) is 1. The van der Waals surface area contributed by atoms with Crippen LogP contribution in [0, 0.1) is 13.8 Å². The number of aryl methyl sites for hydroxylation is 2. The molecule has 0 aromatic carbocycles. The molecule has 3 rings (SSSR count). The Kier molecular flexibility index (Phi) is 3.47. The molecule has 2 atom stereocenters. The van der Waals surface area contributed by atoms with Crippen LogP contribution in [0.4, 0.5) is 10.6 Å². The number of hydrogen-bond donors (Lipinski definition) is 1. The van der Waals surface area contributed by atoms with Gasteiger partial charge in [0.25, 0.3) is 0 Å². The third kappa shape index (κ3) is 2.43. The highest BCUT2D eigenvalue weighted by molar-refractivity contribution is 5.78. The largest absolute Gasteiger partial charge is 0.353 e. The zero-order valence-electron chi connectivity index (χ0n) is 13.1. The van der Waals surface area contributed by atoms with Gasteiger partial charge in [-0.1, -0.05) is 0 Å². The molecule has 2 fully saturated rings. The number of amides is 2. The SMILES string of the molecule is Cc1cnc(C)c(N2CC[C@H]3[C@@H](C2)NC(=O)N3C(C)C)n1. The van der Waals surface area contributed by atoms with Gasteiger partial charge >= 0.3 is 6.03 Å². The zero-order chi connectivity index (χ0) is 15.1. The fourth-order valence-corrected chi connectivity index (χ4v) is 3.43. The molecule has 1 aromatic rings. The summed E-state index contributed by atoms with van der Waals surface area (Å²) in [6.45, 7) is 9.81. The Hall–Kier alpha value is -1.85. The van der Waals surface area contributed by atoms with Crippen LogP contribution in [-0.2, 0) is 0 Å². The molecule has 2 amide bonds. The standard InChI is InChI=1S/C15H23N5O/c1-9(2)20-13-5-6-19(8-12(13)18-15(20)21)14-11(4)16-7-10(3)17-14/h7,9,12-13H,5-6,8H2,1-4H3,(H,18,21)/t12-,13+/m1/s1. The van der Waals surface area contributed by atoms with Crippen LogP contribution in [0.25, 0.3) is 0 Å². The molecule has 6 nitrogen and oxygen atoms in total. The summed E-state index contributed by atoms with van der Waals surface area (Å²) in [6, 6.07) is 0.781. The van der Waals surface area contributed by atoms with E-state index in [0.717, 1.165) is 36.7 Å². The van der Waals surface area contributed by atoms with E-state index < -0.39 is 0 Å². The fraction of sp³-hybridized carbons (Fsp3) is 0.667. The highest BCUT2D eigenvalue weighted by Crippen LogP contribution is 2.28. The second-order valence-electron chi connectivity index (χ2n) is 6.28. The minimum absolute atomic E-state index is 0.0638. The molecule has 2 aliphatic heterocycles. The lowest BCUT2D eigenvalue weighted by molar-refractivity contribution is 0.175. The van der Waals surface area contributed by atoms with E-state index in [2.05, 4.69) is 34.0 Å². The van der Waals surface area contributed by atoms with Crippen molar-refractivity contribution in [2.24, 2.45) is 0 Å². The topological polar surface area (TPSA) is 61.4 Å². The summed E-state index contributed by atoms with van der Waals surface area (Å²) in [6.07, 6.45) is 2.76. The highest BCUT2D eigenvalue weighted by Gasteiger charge is 2.43. The maximum Gasteiger partial charge on any atom is 0.318 e. The van der Waals surface area contributed by atoms with Crippen LogP contribution in [-0.4, -0.2) is 52.1 Å². The quantitative estimate of drug-likeness (QED) is 0.895. The van der Waals surface area contributed by atoms with E-state index in [0.29, 0.717) is 6.04 Å². The van der Waals surface area contributed by atoms with Crippen LogP contribution < -0.4 is 10.2 Å². The summed E-state index contributed by atoms with van der Waals surface area (Å²) in [5.41, 5.74) is 1.88. The van der Waals surface area contributed by atoms with Gasteiger partial charge in [0.2, 0.25) is 0 Å². The molecule has 3 heterocycles. The Morgan fingerprint density at radius 3 is 2.86 bits per heavy atom. The second kappa shape index (κ2) is 5.16. The number of aromatic nitrogens is 2. The van der Waals surface area contributed by atoms with Crippen LogP contribution in [0.5, 0.6) is 0 Å². The first kappa shape index (κ1) is 14.1. The Morgan fingerprint density at radius 1 is 1.38 bits per heavy atom. The number of hydrogen-bond acceptors (Lipinski definition) is 4. The molecule has 2 aliphatic rings. The van der Waals surface area contributed by atoms with Crippen molar-refractivity contribution in [2.45, 2.75) is 52.2 Å². The van der Waals surface area contributed by atoms with Gasteiger partial charge in [-0.15, -0.1) is 0 Å². The first-order valence-electron chi connectivity index (χ1n) is 7.61. The van der Waals surface area contributed by atoms with Crippen molar-refractivity contribution in [3.05, 3.63) is 17.6 Å². The molecule has 0 radical (unpaired) electrons. The number of rotatable bonds is 2. The summed E-state index contributed by atoms with van der Waals surface area (Å²) in [7, 11) is 0. The van der Waals surface area contributed by atoms with E-state index in [-0.39, 0.29) is 18.1 Å². The first-order valence-corrected chi connectivity index (χ1v) is 7.61. The van der Waals surface area contributed by atoms with Gasteiger partial charge in [0.15, 0.2) is 0 Å². The van der Waals surface area contributed by atoms with Crippen LogP contribution in [0.1, 0.15) is 31.7 Å². The third-order valence-electron chi connectivity index (χ3n) is 4.38. The summed E-state index contributed by atoms with van der Waals surface area (Å²) < 4.78 is 0. The van der Waals surface area contributed by atoms with Crippen molar-refractivity contribution in [2.75, 3.05) is 18.0 Å². The van der Waals surface area contributed by atoms with Crippen molar-refractivity contribution >= 4 is 11.8 Å². The molecule has 114 valence electrons. The number of fused-ring (bicyclic) bond motifs is 1. The molecule has 0 unspecified atom stereocenters. The maximum absolute atomic E-state index is 12.1. The van der Waals surface area contributed by atoms with Crippen molar-refractivity contribution < 1.29 is 4.79 Å². The Balaban J connectivity index is 1.80. The molecule has 1 N–H and O–H groups in total. The predicted molar refractivity (Wildman–Crippen MR) is 81.4 cm³/mol. The van der Waals surface area contributed by atoms with Gasteiger partial charge in [0, 0.05) is 25.3 Å². The lowest BCUT2D eigenvalue weighted by Gasteiger charge is -2.38. The molecule has 0 bridgehead atoms. The maximum atomic E-state index is 12.1. The molecular weight excluding hydrogens is 266 g/mol. The highest BCUT2D eigenvalue weighted by atomic mass is 16.2. The molecular formula is C15H23N5O. The summed E-state index contributed by atoms with van der Waals surface area (Å²) in [5.74, 6) is 0.950. The van der Waals surface area contributed by atoms with Gasteiger partial charge in [0.05, 0.1) is 23.5 Å². The van der Waals surface area contributed by atoms with Crippen molar-refractivity contribution in [3.63, 3.8) is 0 Å². The zero-order valence-corrected chi connectivity index (χ0v) is 13.1. The average Bonchev–Trinajstić information content (AvgIpc) is 2.76. The number of carbonyl (C=O) groups excluding carboxylic acids is 1. The molecule has 21 heavy (non-hydrogen) atoms. The minimum atomic E-state index is 0.0638. The van der Waals surface area contributed by atoms with E-state index in [1.165, 1.54) is 0 Å². The lowest BCUT2D eigenvalue weighted by Crippen LogP contribution is -2.52. The normalized spacial score (nSPS) is 25.3. The van der Waals surface area contributed by atoms with E-state index in [4.69, 9.17) is 0 Å². The van der Waals surface area contributed by atoms with E-state index in [1.807, 2.05) is 18.7 Å². The number of urea groups is 1. The van der Waals surface area contributed by atoms with E-state index in [9.17, 15) is 4.79 Å². The average molecular weight is 289 g/mol. The van der Waals surface area contributed by atoms with Crippen LogP contribution >= 0.6 is 0 Å². The van der Waals surface area contributed by atoms with Gasteiger partial charge < -0.3 is 15.1 Å². The third-order valence-corrected chi connectivity index (χ3v) is 4.38. The minimum Gasteiger partial charge on any atom is -0.353 e. The Bertz CT molecular complexity index is 559. The summed E-state index contributed by atoms with van der Waals surface area (Å²) >= 11 is 0. The van der Waals surface area contributed by atoms with Gasteiger partial charge in [-0.25, -0.2) is 9.78 Å². The number of nitrogens with zero attached hydrogens (tertiary/aromatic N) is 4. The van der Waals surface area contributed by atoms with Gasteiger partial charge in [-0.2, -0.15) is 0 Å². The fourth-order valence-electron chi connectivity index (χ4n) is 3.43. The van der Waals surface area contributed by atoms with Gasteiger partial charge in [-0.05, 0) is 34.1 Å². The molecule has 6 heteroatoms. The van der Waals surface area contributed by atoms with Gasteiger partial charge in [-0.3, -0.25) is 4.98 Å². The Morgan fingerprint density at radius 2 is 2.14 bits per heavy atom. The summed E-state index contributed by atoms with van der Waals surface area (Å²) in [5, 5.41) is 3.12. The molecule has 0 aliphatic carbocycles. The van der Waals surface area contributed by atoms with E-state index in [1.54, 1.807) is 6.20 Å². The van der Waals surface area contributed by atoms with Crippen LogP contribution in [0.2, 0.25) is 0 Å². The lowest BCUT2D eigenvalue weighted by atomic mass is 9.99. The molecule has 1 aromatic heterocycles. The second-order valence-corrected chi connectivity index (χ2v) is 6.28. The molecule has 0 spiro atoms. The monoisotopic (exact) mass is 289 g/mol. The van der Waals surface area contributed by atoms with E-state index >= 15 is 0 Å². The number of piperidine rings is 1. The Labute approximate surface area is 125 Å².